The van der Waals surface area contributed by atoms with Crippen LogP contribution < -0.4 is 5.32 Å². The third-order valence-corrected chi connectivity index (χ3v) is 1.72. The van der Waals surface area contributed by atoms with E-state index >= 15 is 0 Å². The van der Waals surface area contributed by atoms with Crippen LogP contribution in [-0.4, -0.2) is 15.8 Å². The Morgan fingerprint density at radius 3 is 3.08 bits per heavy atom. The molecule has 0 unspecified atom stereocenters. The fourth-order valence-electron chi connectivity index (χ4n) is 1.05. The largest absolute Gasteiger partial charge is 0.310 e. The average molecular weight is 179 g/mol. The van der Waals surface area contributed by atoms with E-state index in [0.717, 1.165) is 13.1 Å². The van der Waals surface area contributed by atoms with Crippen molar-refractivity contribution in [3.8, 4) is 0 Å². The van der Waals surface area contributed by atoms with Crippen LogP contribution in [0.4, 0.5) is 0 Å². The van der Waals surface area contributed by atoms with Gasteiger partial charge in [0.1, 0.15) is 0 Å². The van der Waals surface area contributed by atoms with Gasteiger partial charge in [-0.2, -0.15) is 5.10 Å². The number of hydrogen-bond donors (Lipinski definition) is 1. The molecule has 0 saturated carbocycles. The zero-order valence-electron chi connectivity index (χ0n) is 8.33. The summed E-state index contributed by atoms with van der Waals surface area (Å²) in [7, 11) is 0. The maximum atomic E-state index is 4.19. The van der Waals surface area contributed by atoms with E-state index in [1.165, 1.54) is 5.56 Å². The minimum absolute atomic E-state index is 0.516. The van der Waals surface area contributed by atoms with Gasteiger partial charge in [0.25, 0.3) is 0 Å². The molecule has 3 nitrogen and oxygen atoms in total. The SMILES string of the molecule is C=CCn1cc(CNC(C)C)cn1. The van der Waals surface area contributed by atoms with Crippen molar-refractivity contribution < 1.29 is 0 Å². The van der Waals surface area contributed by atoms with Crippen molar-refractivity contribution in [1.29, 1.82) is 0 Å². The van der Waals surface area contributed by atoms with E-state index < -0.39 is 0 Å². The highest BCUT2D eigenvalue weighted by Gasteiger charge is 1.97. The van der Waals surface area contributed by atoms with Crippen molar-refractivity contribution in [2.75, 3.05) is 0 Å². The molecule has 0 saturated heterocycles. The van der Waals surface area contributed by atoms with Gasteiger partial charge in [-0.1, -0.05) is 19.9 Å². The van der Waals surface area contributed by atoms with Crippen molar-refractivity contribution in [2.24, 2.45) is 0 Å². The quantitative estimate of drug-likeness (QED) is 0.695. The van der Waals surface area contributed by atoms with Gasteiger partial charge in [-0.3, -0.25) is 4.68 Å². The molecule has 0 spiro atoms. The molecular formula is C10H17N3. The topological polar surface area (TPSA) is 29.9 Å². The van der Waals surface area contributed by atoms with Crippen LogP contribution in [0.1, 0.15) is 19.4 Å². The van der Waals surface area contributed by atoms with Gasteiger partial charge < -0.3 is 5.32 Å². The van der Waals surface area contributed by atoms with Gasteiger partial charge in [0.2, 0.25) is 0 Å². The Hall–Kier alpha value is -1.09. The molecular weight excluding hydrogens is 162 g/mol. The monoisotopic (exact) mass is 179 g/mol. The average Bonchev–Trinajstić information content (AvgIpc) is 2.50. The lowest BCUT2D eigenvalue weighted by Gasteiger charge is -2.04. The first kappa shape index (κ1) is 9.99. The standard InChI is InChI=1S/C10H17N3/c1-4-5-13-8-10(7-12-13)6-11-9(2)3/h4,7-9,11H,1,5-6H2,2-3H3. The molecule has 3 heteroatoms. The summed E-state index contributed by atoms with van der Waals surface area (Å²) < 4.78 is 1.88. The maximum absolute atomic E-state index is 4.19. The van der Waals surface area contributed by atoms with Crippen molar-refractivity contribution in [2.45, 2.75) is 33.0 Å². The molecule has 0 aliphatic carbocycles. The fourth-order valence-corrected chi connectivity index (χ4v) is 1.05. The second kappa shape index (κ2) is 4.82. The van der Waals surface area contributed by atoms with Crippen molar-refractivity contribution >= 4 is 0 Å². The Kier molecular flexibility index (Phi) is 3.71. The normalized spacial score (nSPS) is 10.7. The van der Waals surface area contributed by atoms with Crippen LogP contribution in [0.25, 0.3) is 0 Å². The van der Waals surface area contributed by atoms with Gasteiger partial charge in [-0.05, 0) is 0 Å². The van der Waals surface area contributed by atoms with Crippen LogP contribution >= 0.6 is 0 Å². The zero-order valence-corrected chi connectivity index (χ0v) is 8.33. The fraction of sp³-hybridized carbons (Fsp3) is 0.500. The van der Waals surface area contributed by atoms with Crippen molar-refractivity contribution in [3.63, 3.8) is 0 Å². The first-order valence-corrected chi connectivity index (χ1v) is 4.58. The molecule has 0 aliphatic heterocycles. The number of allylic oxidation sites excluding steroid dienone is 1. The van der Waals surface area contributed by atoms with E-state index in [0.29, 0.717) is 6.04 Å². The molecule has 13 heavy (non-hydrogen) atoms. The number of hydrogen-bond acceptors (Lipinski definition) is 2. The highest BCUT2D eigenvalue weighted by atomic mass is 15.3. The van der Waals surface area contributed by atoms with Crippen molar-refractivity contribution in [1.82, 2.24) is 15.1 Å². The minimum Gasteiger partial charge on any atom is -0.310 e. The first-order valence-electron chi connectivity index (χ1n) is 4.58. The highest BCUT2D eigenvalue weighted by Crippen LogP contribution is 1.97. The van der Waals surface area contributed by atoms with Crippen LogP contribution in [0, 0.1) is 0 Å². The van der Waals surface area contributed by atoms with E-state index in [1.54, 1.807) is 0 Å². The van der Waals surface area contributed by atoms with E-state index in [-0.39, 0.29) is 0 Å². The summed E-state index contributed by atoms with van der Waals surface area (Å²) in [6, 6.07) is 0.516. The summed E-state index contributed by atoms with van der Waals surface area (Å²) in [5, 5.41) is 7.53. The Morgan fingerprint density at radius 1 is 1.69 bits per heavy atom. The number of nitrogens with zero attached hydrogens (tertiary/aromatic N) is 2. The minimum atomic E-state index is 0.516. The Labute approximate surface area is 79.5 Å². The predicted octanol–water partition coefficient (Wildman–Crippen LogP) is 1.57. The molecule has 0 aliphatic rings. The molecule has 72 valence electrons. The number of nitrogens with one attached hydrogen (secondary N) is 1. The van der Waals surface area contributed by atoms with E-state index in [1.807, 2.05) is 23.2 Å². The van der Waals surface area contributed by atoms with Crippen LogP contribution in [0.5, 0.6) is 0 Å². The molecule has 0 aromatic carbocycles. The molecule has 1 aromatic rings. The van der Waals surface area contributed by atoms with Gasteiger partial charge in [-0.25, -0.2) is 0 Å². The lowest BCUT2D eigenvalue weighted by atomic mass is 10.3. The molecule has 0 fully saturated rings. The first-order chi connectivity index (χ1) is 6.22. The molecule has 1 aromatic heterocycles. The van der Waals surface area contributed by atoms with E-state index in [4.69, 9.17) is 0 Å². The van der Waals surface area contributed by atoms with E-state index in [2.05, 4.69) is 30.8 Å². The Bertz CT molecular complexity index is 263. The maximum Gasteiger partial charge on any atom is 0.0587 e. The summed E-state index contributed by atoms with van der Waals surface area (Å²) >= 11 is 0. The summed E-state index contributed by atoms with van der Waals surface area (Å²) in [5.41, 5.74) is 1.22. The third-order valence-electron chi connectivity index (χ3n) is 1.72. The molecule has 1 N–H and O–H groups in total. The van der Waals surface area contributed by atoms with Gasteiger partial charge in [0, 0.05) is 24.3 Å². The van der Waals surface area contributed by atoms with Crippen LogP contribution in [0.3, 0.4) is 0 Å². The second-order valence-corrected chi connectivity index (χ2v) is 3.39. The number of aromatic nitrogens is 2. The summed E-state index contributed by atoms with van der Waals surface area (Å²) in [6.45, 7) is 9.59. The molecule has 0 amide bonds. The lowest BCUT2D eigenvalue weighted by molar-refractivity contribution is 0.588. The van der Waals surface area contributed by atoms with E-state index in [9.17, 15) is 0 Å². The summed E-state index contributed by atoms with van der Waals surface area (Å²) in [4.78, 5) is 0. The smallest absolute Gasteiger partial charge is 0.0587 e. The molecule has 0 atom stereocenters. The molecule has 0 radical (unpaired) electrons. The molecule has 1 heterocycles. The zero-order chi connectivity index (χ0) is 9.68. The van der Waals surface area contributed by atoms with Gasteiger partial charge in [0.05, 0.1) is 12.7 Å². The Morgan fingerprint density at radius 2 is 2.46 bits per heavy atom. The number of rotatable bonds is 5. The van der Waals surface area contributed by atoms with Gasteiger partial charge in [-0.15, -0.1) is 6.58 Å². The third kappa shape index (κ3) is 3.42. The highest BCUT2D eigenvalue weighted by molar-refractivity contribution is 5.03. The summed E-state index contributed by atoms with van der Waals surface area (Å²) in [6.07, 6.45) is 5.77. The van der Waals surface area contributed by atoms with Crippen molar-refractivity contribution in [3.05, 3.63) is 30.6 Å². The van der Waals surface area contributed by atoms with Crippen LogP contribution in [0.2, 0.25) is 0 Å². The van der Waals surface area contributed by atoms with Crippen LogP contribution in [0.15, 0.2) is 25.0 Å². The second-order valence-electron chi connectivity index (χ2n) is 3.39. The summed E-state index contributed by atoms with van der Waals surface area (Å²) in [5.74, 6) is 0. The van der Waals surface area contributed by atoms with Gasteiger partial charge in [0.15, 0.2) is 0 Å². The Balaban J connectivity index is 2.44. The lowest BCUT2D eigenvalue weighted by Crippen LogP contribution is -2.21. The predicted molar refractivity (Wildman–Crippen MR) is 54.4 cm³/mol. The van der Waals surface area contributed by atoms with Crippen LogP contribution in [-0.2, 0) is 13.1 Å². The molecule has 1 rings (SSSR count). The molecule has 0 bridgehead atoms. The van der Waals surface area contributed by atoms with Gasteiger partial charge >= 0.3 is 0 Å².